The molecule has 37 heavy (non-hydrogen) atoms. The number of allylic oxidation sites excluding steroid dienone is 2. The Labute approximate surface area is 230 Å². The second-order valence-corrected chi connectivity index (χ2v) is 10.9. The van der Waals surface area contributed by atoms with E-state index in [1.165, 1.54) is 103 Å². The zero-order valence-electron chi connectivity index (χ0n) is 25.1. The third-order valence-electron chi connectivity index (χ3n) is 6.96. The molecule has 0 aromatic rings. The minimum Gasteiger partial charge on any atom is -0.469 e. The van der Waals surface area contributed by atoms with Gasteiger partial charge in [-0.15, -0.1) is 0 Å². The van der Waals surface area contributed by atoms with Crippen molar-refractivity contribution in [3.05, 3.63) is 12.2 Å². The van der Waals surface area contributed by atoms with Crippen LogP contribution in [0.5, 0.6) is 0 Å². The van der Waals surface area contributed by atoms with Gasteiger partial charge in [-0.05, 0) is 84.8 Å². The maximum Gasteiger partial charge on any atom is 0.306 e. The molecule has 0 fully saturated rings. The van der Waals surface area contributed by atoms with Crippen LogP contribution in [0.1, 0.15) is 148 Å². The molecule has 0 heterocycles. The molecule has 5 nitrogen and oxygen atoms in total. The summed E-state index contributed by atoms with van der Waals surface area (Å²) in [4.78, 5) is 25.4. The Hall–Kier alpha value is -1.36. The summed E-state index contributed by atoms with van der Waals surface area (Å²) in [5.74, 6) is -0.0971. The van der Waals surface area contributed by atoms with Crippen molar-refractivity contribution in [3.63, 3.8) is 0 Å². The number of carbonyl (C=O) groups excluding carboxylic acids is 2. The lowest BCUT2D eigenvalue weighted by Crippen LogP contribution is -2.20. The summed E-state index contributed by atoms with van der Waals surface area (Å²) < 4.78 is 10.5. The van der Waals surface area contributed by atoms with E-state index in [0.717, 1.165) is 38.6 Å². The van der Waals surface area contributed by atoms with Gasteiger partial charge in [0.25, 0.3) is 0 Å². The number of rotatable bonds is 27. The molecule has 0 aliphatic carbocycles. The van der Waals surface area contributed by atoms with E-state index in [2.05, 4.69) is 28.7 Å². The predicted molar refractivity (Wildman–Crippen MR) is 157 cm³/mol. The number of nitrogens with zero attached hydrogens (tertiary/aromatic N) is 1. The van der Waals surface area contributed by atoms with Gasteiger partial charge in [0, 0.05) is 12.8 Å². The van der Waals surface area contributed by atoms with Crippen molar-refractivity contribution in [1.82, 2.24) is 4.90 Å². The number of hydrogen-bond acceptors (Lipinski definition) is 5. The van der Waals surface area contributed by atoms with Crippen LogP contribution in [0, 0.1) is 0 Å². The summed E-state index contributed by atoms with van der Waals surface area (Å²) in [5.41, 5.74) is 0. The van der Waals surface area contributed by atoms with Crippen LogP contribution in [0.2, 0.25) is 0 Å². The molecule has 0 aromatic carbocycles. The third-order valence-corrected chi connectivity index (χ3v) is 6.96. The van der Waals surface area contributed by atoms with Gasteiger partial charge in [0.15, 0.2) is 0 Å². The van der Waals surface area contributed by atoms with E-state index >= 15 is 0 Å². The molecule has 0 N–H and O–H groups in total. The van der Waals surface area contributed by atoms with Gasteiger partial charge in [-0.25, -0.2) is 0 Å². The second-order valence-electron chi connectivity index (χ2n) is 10.9. The Bertz CT molecular complexity index is 547. The van der Waals surface area contributed by atoms with Crippen LogP contribution in [0.4, 0.5) is 0 Å². The Balaban J connectivity index is 3.73. The molecule has 0 radical (unpaired) electrons. The maximum atomic E-state index is 12.3. The van der Waals surface area contributed by atoms with Gasteiger partial charge in [0.05, 0.1) is 7.11 Å². The van der Waals surface area contributed by atoms with E-state index in [1.807, 2.05) is 14.1 Å². The normalized spacial score (nSPS) is 12.4. The zero-order chi connectivity index (χ0) is 27.4. The highest BCUT2D eigenvalue weighted by Crippen LogP contribution is 2.17. The Kier molecular flexibility index (Phi) is 26.7. The molecule has 0 aromatic heterocycles. The average Bonchev–Trinajstić information content (AvgIpc) is 2.87. The number of ether oxygens (including phenoxy) is 2. The number of unbranched alkanes of at least 4 members (excludes halogenated alkanes) is 14. The van der Waals surface area contributed by atoms with Gasteiger partial charge >= 0.3 is 11.9 Å². The minimum atomic E-state index is -0.0888. The zero-order valence-corrected chi connectivity index (χ0v) is 25.1. The van der Waals surface area contributed by atoms with Crippen molar-refractivity contribution in [2.75, 3.05) is 27.7 Å². The number of hydrogen-bond donors (Lipinski definition) is 0. The molecule has 0 rings (SSSR count). The van der Waals surface area contributed by atoms with Crippen LogP contribution in [0.15, 0.2) is 12.2 Å². The lowest BCUT2D eigenvalue weighted by molar-refractivity contribution is -0.150. The molecular formula is C32H61NO4. The molecule has 218 valence electrons. The summed E-state index contributed by atoms with van der Waals surface area (Å²) in [5, 5.41) is 0. The van der Waals surface area contributed by atoms with Crippen molar-refractivity contribution in [1.29, 1.82) is 0 Å². The summed E-state index contributed by atoms with van der Waals surface area (Å²) in [6.07, 6.45) is 29.6. The van der Waals surface area contributed by atoms with Crippen molar-refractivity contribution in [2.45, 2.75) is 154 Å². The number of carbonyl (C=O) groups is 2. The van der Waals surface area contributed by atoms with Crippen molar-refractivity contribution in [2.24, 2.45) is 0 Å². The van der Waals surface area contributed by atoms with Gasteiger partial charge in [0.1, 0.15) is 6.10 Å². The van der Waals surface area contributed by atoms with E-state index < -0.39 is 0 Å². The number of esters is 2. The third kappa shape index (κ3) is 27.5. The fraction of sp³-hybridized carbons (Fsp3) is 0.875. The van der Waals surface area contributed by atoms with Crippen LogP contribution >= 0.6 is 0 Å². The first-order chi connectivity index (χ1) is 18.0. The molecule has 0 spiro atoms. The van der Waals surface area contributed by atoms with Crippen molar-refractivity contribution < 1.29 is 19.1 Å². The summed E-state index contributed by atoms with van der Waals surface area (Å²) in [6, 6.07) is 0. The molecule has 0 amide bonds. The average molecular weight is 524 g/mol. The van der Waals surface area contributed by atoms with E-state index in [0.29, 0.717) is 12.8 Å². The standard InChI is InChI=1S/C32H61NO4/c1-5-6-7-21-25-30(37-32(35)28-24-29-33(2)3)26-22-19-17-15-13-11-9-8-10-12-14-16-18-20-23-27-31(34)36-4/h8,10,30H,5-7,9,11-29H2,1-4H3/b10-8-. The van der Waals surface area contributed by atoms with Crippen molar-refractivity contribution >= 4 is 11.9 Å². The quantitative estimate of drug-likeness (QED) is 0.0611. The van der Waals surface area contributed by atoms with Crippen LogP contribution in [-0.4, -0.2) is 50.7 Å². The second kappa shape index (κ2) is 27.7. The van der Waals surface area contributed by atoms with E-state index in [-0.39, 0.29) is 18.0 Å². The van der Waals surface area contributed by atoms with Crippen LogP contribution in [-0.2, 0) is 19.1 Å². The fourth-order valence-corrected chi connectivity index (χ4v) is 4.59. The highest BCUT2D eigenvalue weighted by Gasteiger charge is 2.14. The number of methoxy groups -OCH3 is 1. The highest BCUT2D eigenvalue weighted by molar-refractivity contribution is 5.69. The molecule has 0 aliphatic heterocycles. The van der Waals surface area contributed by atoms with Crippen LogP contribution in [0.25, 0.3) is 0 Å². The van der Waals surface area contributed by atoms with Crippen LogP contribution < -0.4 is 0 Å². The molecule has 0 aliphatic rings. The molecular weight excluding hydrogens is 462 g/mol. The highest BCUT2D eigenvalue weighted by atomic mass is 16.5. The fourth-order valence-electron chi connectivity index (χ4n) is 4.59. The first kappa shape index (κ1) is 35.6. The molecule has 1 unspecified atom stereocenters. The van der Waals surface area contributed by atoms with Gasteiger partial charge in [-0.2, -0.15) is 0 Å². The lowest BCUT2D eigenvalue weighted by atomic mass is 10.0. The van der Waals surface area contributed by atoms with Gasteiger partial charge < -0.3 is 14.4 Å². The van der Waals surface area contributed by atoms with E-state index in [9.17, 15) is 9.59 Å². The Morgan fingerprint density at radius 2 is 1.14 bits per heavy atom. The summed E-state index contributed by atoms with van der Waals surface area (Å²) in [6.45, 7) is 3.17. The Morgan fingerprint density at radius 3 is 1.68 bits per heavy atom. The largest absolute Gasteiger partial charge is 0.469 e. The van der Waals surface area contributed by atoms with Gasteiger partial charge in [-0.1, -0.05) is 83.3 Å². The predicted octanol–water partition coefficient (Wildman–Crippen LogP) is 8.79. The monoisotopic (exact) mass is 523 g/mol. The first-order valence-corrected chi connectivity index (χ1v) is 15.6. The topological polar surface area (TPSA) is 55.8 Å². The van der Waals surface area contributed by atoms with Gasteiger partial charge in [-0.3, -0.25) is 9.59 Å². The molecule has 0 saturated heterocycles. The summed E-state index contributed by atoms with van der Waals surface area (Å²) >= 11 is 0. The van der Waals surface area contributed by atoms with E-state index in [4.69, 9.17) is 4.74 Å². The van der Waals surface area contributed by atoms with Crippen molar-refractivity contribution in [3.8, 4) is 0 Å². The van der Waals surface area contributed by atoms with Gasteiger partial charge in [0.2, 0.25) is 0 Å². The Morgan fingerprint density at radius 1 is 0.649 bits per heavy atom. The summed E-state index contributed by atoms with van der Waals surface area (Å²) in [7, 11) is 5.54. The smallest absolute Gasteiger partial charge is 0.306 e. The van der Waals surface area contributed by atoms with Crippen LogP contribution in [0.3, 0.4) is 0 Å². The SMILES string of the molecule is CCCCCCC(CCCCCCCC/C=C\CCCCCCCC(=O)OC)OC(=O)CCCN(C)C. The first-order valence-electron chi connectivity index (χ1n) is 15.6. The minimum absolute atomic E-state index is 0.00830. The maximum absolute atomic E-state index is 12.3. The molecule has 0 saturated carbocycles. The molecule has 1 atom stereocenters. The van der Waals surface area contributed by atoms with E-state index in [1.54, 1.807) is 0 Å². The lowest BCUT2D eigenvalue weighted by Gasteiger charge is -2.18. The molecule has 0 bridgehead atoms. The molecule has 5 heteroatoms.